The Morgan fingerprint density at radius 1 is 1.12 bits per heavy atom. The third-order valence-electron chi connectivity index (χ3n) is 1.38. The summed E-state index contributed by atoms with van der Waals surface area (Å²) in [4.78, 5) is 32.8. The molecule has 7 heteroatoms. The molecule has 0 spiro atoms. The van der Waals surface area contributed by atoms with Crippen molar-refractivity contribution in [2.45, 2.75) is 6.92 Å². The molecule has 5 nitrogen and oxygen atoms in total. The predicted molar refractivity (Wildman–Crippen MR) is 55.3 cm³/mol. The molecular formula is C9H11FO5S. The molecule has 0 bridgehead atoms. The maximum atomic E-state index is 13.4. The van der Waals surface area contributed by atoms with Gasteiger partial charge in [-0.2, -0.15) is 4.39 Å². The number of carbonyl (C=O) groups excluding carboxylic acids is 3. The Morgan fingerprint density at radius 2 is 1.56 bits per heavy atom. The Balaban J connectivity index is 4.97. The molecule has 0 aromatic carbocycles. The summed E-state index contributed by atoms with van der Waals surface area (Å²) in [5.74, 6) is -2.74. The van der Waals surface area contributed by atoms with Gasteiger partial charge in [-0.3, -0.25) is 4.79 Å². The first-order valence-corrected chi connectivity index (χ1v) is 5.11. The summed E-state index contributed by atoms with van der Waals surface area (Å²) in [6.45, 7) is 1.26. The Hall–Kier alpha value is -1.37. The second kappa shape index (κ2) is 7.00. The second-order valence-electron chi connectivity index (χ2n) is 2.62. The summed E-state index contributed by atoms with van der Waals surface area (Å²) < 4.78 is 21.8. The van der Waals surface area contributed by atoms with Gasteiger partial charge in [0.15, 0.2) is 10.7 Å². The fourth-order valence-electron chi connectivity index (χ4n) is 0.685. The van der Waals surface area contributed by atoms with Crippen LogP contribution in [-0.2, 0) is 23.9 Å². The van der Waals surface area contributed by atoms with Crippen molar-refractivity contribution in [3.63, 3.8) is 0 Å². The van der Waals surface area contributed by atoms with E-state index in [1.165, 1.54) is 6.92 Å². The average Bonchev–Trinajstić information content (AvgIpc) is 2.25. The van der Waals surface area contributed by atoms with Crippen molar-refractivity contribution >= 4 is 29.5 Å². The Kier molecular flexibility index (Phi) is 6.40. The van der Waals surface area contributed by atoms with E-state index in [-0.39, 0.29) is 11.5 Å². The number of hydrogen-bond acceptors (Lipinski definition) is 6. The maximum absolute atomic E-state index is 13.4. The van der Waals surface area contributed by atoms with Crippen molar-refractivity contribution in [3.8, 4) is 0 Å². The van der Waals surface area contributed by atoms with E-state index in [1.54, 1.807) is 0 Å². The summed E-state index contributed by atoms with van der Waals surface area (Å²) in [5, 5.41) is -1.09. The molecule has 0 fully saturated rings. The van der Waals surface area contributed by atoms with Crippen molar-refractivity contribution in [2.75, 3.05) is 20.0 Å². The molecule has 0 rings (SSSR count). The third-order valence-corrected chi connectivity index (χ3v) is 2.39. The second-order valence-corrected chi connectivity index (χ2v) is 3.56. The molecule has 90 valence electrons. The lowest BCUT2D eigenvalue weighted by molar-refractivity contribution is -0.144. The van der Waals surface area contributed by atoms with Crippen LogP contribution in [0.2, 0.25) is 0 Å². The van der Waals surface area contributed by atoms with Crippen molar-refractivity contribution in [2.24, 2.45) is 0 Å². The number of rotatable bonds is 5. The van der Waals surface area contributed by atoms with Crippen molar-refractivity contribution in [1.29, 1.82) is 0 Å². The minimum Gasteiger partial charge on any atom is -0.465 e. The summed E-state index contributed by atoms with van der Waals surface area (Å²) in [6, 6.07) is 0. The van der Waals surface area contributed by atoms with Crippen LogP contribution in [0.25, 0.3) is 0 Å². The number of ketones is 1. The van der Waals surface area contributed by atoms with E-state index >= 15 is 0 Å². The van der Waals surface area contributed by atoms with Crippen molar-refractivity contribution in [1.82, 2.24) is 0 Å². The lowest BCUT2D eigenvalue weighted by atomic mass is 10.3. The van der Waals surface area contributed by atoms with Gasteiger partial charge in [0, 0.05) is 0 Å². The highest BCUT2D eigenvalue weighted by molar-refractivity contribution is 8.03. The van der Waals surface area contributed by atoms with Gasteiger partial charge in [0.1, 0.15) is 5.78 Å². The third kappa shape index (κ3) is 4.43. The summed E-state index contributed by atoms with van der Waals surface area (Å²) in [6.07, 6.45) is 0. The zero-order valence-electron chi connectivity index (χ0n) is 9.03. The molecule has 0 radical (unpaired) electrons. The van der Waals surface area contributed by atoms with Gasteiger partial charge < -0.3 is 9.47 Å². The largest absolute Gasteiger partial charge is 0.465 e. The number of esters is 2. The zero-order chi connectivity index (χ0) is 12.7. The first-order chi connectivity index (χ1) is 7.43. The lowest BCUT2D eigenvalue weighted by Crippen LogP contribution is -2.17. The molecule has 0 aliphatic heterocycles. The van der Waals surface area contributed by atoms with Crippen LogP contribution < -0.4 is 0 Å². The highest BCUT2D eigenvalue weighted by atomic mass is 32.2. The topological polar surface area (TPSA) is 69.7 Å². The van der Waals surface area contributed by atoms with Gasteiger partial charge in [0.2, 0.25) is 0 Å². The summed E-state index contributed by atoms with van der Waals surface area (Å²) in [7, 11) is 2.02. The van der Waals surface area contributed by atoms with Crippen LogP contribution >= 0.6 is 11.8 Å². The smallest absolute Gasteiger partial charge is 0.348 e. The monoisotopic (exact) mass is 250 g/mol. The van der Waals surface area contributed by atoms with Gasteiger partial charge in [-0.25, -0.2) is 9.59 Å². The molecule has 0 amide bonds. The van der Waals surface area contributed by atoms with E-state index in [0.717, 1.165) is 14.2 Å². The van der Waals surface area contributed by atoms with Gasteiger partial charge >= 0.3 is 11.9 Å². The summed E-state index contributed by atoms with van der Waals surface area (Å²) >= 11 is 0.442. The molecule has 0 N–H and O–H groups in total. The van der Waals surface area contributed by atoms with E-state index in [2.05, 4.69) is 9.47 Å². The molecule has 0 saturated carbocycles. The van der Waals surface area contributed by atoms with Crippen molar-refractivity contribution < 1.29 is 28.2 Å². The normalized spacial score (nSPS) is 9.25. The SMILES string of the molecule is COC(=O)C(C(=O)OC)=C(F)SCC(C)=O. The highest BCUT2D eigenvalue weighted by Gasteiger charge is 2.26. The molecule has 0 unspecified atom stereocenters. The van der Waals surface area contributed by atoms with Gasteiger partial charge in [0.05, 0.1) is 20.0 Å². The molecule has 0 heterocycles. The number of Topliss-reactive ketones (excluding diaryl/α,β-unsaturated/α-hetero) is 1. The fraction of sp³-hybridized carbons (Fsp3) is 0.444. The molecule has 0 aliphatic carbocycles. The Morgan fingerprint density at radius 3 is 1.88 bits per heavy atom. The van der Waals surface area contributed by atoms with Crippen LogP contribution in [0.15, 0.2) is 10.7 Å². The number of halogens is 1. The molecule has 0 aromatic rings. The van der Waals surface area contributed by atoms with Crippen LogP contribution in [0.4, 0.5) is 4.39 Å². The first-order valence-electron chi connectivity index (χ1n) is 4.12. The summed E-state index contributed by atoms with van der Waals surface area (Å²) in [5.41, 5.74) is -0.837. The minimum absolute atomic E-state index is 0.177. The minimum atomic E-state index is -1.14. The van der Waals surface area contributed by atoms with Crippen LogP contribution in [-0.4, -0.2) is 37.7 Å². The van der Waals surface area contributed by atoms with Crippen molar-refractivity contribution in [3.05, 3.63) is 10.7 Å². The van der Waals surface area contributed by atoms with Crippen LogP contribution in [0.3, 0.4) is 0 Å². The van der Waals surface area contributed by atoms with Crippen LogP contribution in [0, 0.1) is 0 Å². The molecule has 0 aliphatic rings. The average molecular weight is 250 g/mol. The molecular weight excluding hydrogens is 239 g/mol. The lowest BCUT2D eigenvalue weighted by Gasteiger charge is -2.04. The molecule has 0 aromatic heterocycles. The first kappa shape index (κ1) is 14.6. The van der Waals surface area contributed by atoms with Gasteiger partial charge in [-0.15, -0.1) is 0 Å². The van der Waals surface area contributed by atoms with Crippen LogP contribution in [0.1, 0.15) is 6.92 Å². The molecule has 0 saturated heterocycles. The van der Waals surface area contributed by atoms with E-state index in [0.29, 0.717) is 11.8 Å². The number of ether oxygens (including phenoxy) is 2. The van der Waals surface area contributed by atoms with E-state index in [1.807, 2.05) is 0 Å². The number of methoxy groups -OCH3 is 2. The predicted octanol–water partition coefficient (Wildman–Crippen LogP) is 0.836. The van der Waals surface area contributed by atoms with Gasteiger partial charge in [0.25, 0.3) is 0 Å². The number of carbonyl (C=O) groups is 3. The van der Waals surface area contributed by atoms with Gasteiger partial charge in [-0.05, 0) is 6.92 Å². The van der Waals surface area contributed by atoms with E-state index < -0.39 is 22.7 Å². The fourth-order valence-corrected chi connectivity index (χ4v) is 1.33. The number of hydrogen-bond donors (Lipinski definition) is 0. The highest BCUT2D eigenvalue weighted by Crippen LogP contribution is 2.23. The Labute approximate surface area is 96.0 Å². The van der Waals surface area contributed by atoms with Gasteiger partial charge in [-0.1, -0.05) is 11.8 Å². The maximum Gasteiger partial charge on any atom is 0.348 e. The molecule has 16 heavy (non-hydrogen) atoms. The standard InChI is InChI=1S/C9H11FO5S/c1-5(11)4-16-7(10)6(8(12)14-2)9(13)15-3/h4H2,1-3H3. The van der Waals surface area contributed by atoms with Crippen LogP contribution in [0.5, 0.6) is 0 Å². The van der Waals surface area contributed by atoms with E-state index in [4.69, 9.17) is 0 Å². The van der Waals surface area contributed by atoms with E-state index in [9.17, 15) is 18.8 Å². The zero-order valence-corrected chi connectivity index (χ0v) is 9.85. The number of thioether (sulfide) groups is 1. The molecule has 0 atom stereocenters. The Bertz CT molecular complexity index is 319. The quantitative estimate of drug-likeness (QED) is 0.311.